The number of carbonyl (C=O) groups is 4. The van der Waals surface area contributed by atoms with Crippen molar-refractivity contribution >= 4 is 23.9 Å². The molecule has 0 heterocycles. The molecule has 0 atom stereocenters. The van der Waals surface area contributed by atoms with E-state index in [4.69, 9.17) is 9.47 Å². The minimum atomic E-state index is -0.579. The van der Waals surface area contributed by atoms with Crippen molar-refractivity contribution in [2.45, 2.75) is 72.5 Å². The first-order chi connectivity index (χ1) is 11.2. The van der Waals surface area contributed by atoms with Crippen LogP contribution in [0.4, 0.5) is 0 Å². The van der Waals surface area contributed by atoms with Gasteiger partial charge in [-0.25, -0.2) is 0 Å². The highest BCUT2D eigenvalue weighted by molar-refractivity contribution is 5.91. The molecule has 0 fully saturated rings. The Morgan fingerprint density at radius 2 is 1.04 bits per heavy atom. The number of carbonyl (C=O) groups excluding carboxylic acids is 4. The van der Waals surface area contributed by atoms with Gasteiger partial charge in [0.05, 0.1) is 13.7 Å². The molecule has 0 aromatic carbocycles. The number of rotatable bonds is 5. The van der Waals surface area contributed by atoms with Crippen LogP contribution in [0, 0.1) is 0 Å². The van der Waals surface area contributed by atoms with E-state index in [0.717, 1.165) is 0 Å². The number of ether oxygens (including phenoxy) is 4. The van der Waals surface area contributed by atoms with E-state index in [9.17, 15) is 19.2 Å². The summed E-state index contributed by atoms with van der Waals surface area (Å²) >= 11 is 0. The van der Waals surface area contributed by atoms with Crippen molar-refractivity contribution in [3.63, 3.8) is 0 Å². The summed E-state index contributed by atoms with van der Waals surface area (Å²) in [6.45, 7) is 12.4. The van der Waals surface area contributed by atoms with Crippen LogP contribution in [0.2, 0.25) is 0 Å². The predicted molar refractivity (Wildman–Crippen MR) is 89.6 cm³/mol. The third kappa shape index (κ3) is 19.8. The van der Waals surface area contributed by atoms with E-state index >= 15 is 0 Å². The molecule has 0 rings (SSSR count). The Hall–Kier alpha value is -2.12. The number of hydrogen-bond donors (Lipinski definition) is 0. The molecule has 0 radical (unpaired) electrons. The lowest BCUT2D eigenvalue weighted by Gasteiger charge is -2.18. The predicted octanol–water partition coefficient (Wildman–Crippen LogP) is 2.17. The average Bonchev–Trinajstić information content (AvgIpc) is 2.34. The molecule has 8 heteroatoms. The maximum absolute atomic E-state index is 11.0. The second kappa shape index (κ2) is 11.4. The molecule has 0 spiro atoms. The summed E-state index contributed by atoms with van der Waals surface area (Å²) in [6, 6.07) is 0. The molecule has 0 aromatic rings. The van der Waals surface area contributed by atoms with Crippen LogP contribution < -0.4 is 0 Å². The Kier molecular flexibility index (Phi) is 11.5. The zero-order valence-corrected chi connectivity index (χ0v) is 16.4. The normalized spacial score (nSPS) is 10.7. The van der Waals surface area contributed by atoms with Crippen LogP contribution in [0.25, 0.3) is 0 Å². The van der Waals surface area contributed by atoms with Crippen LogP contribution in [-0.4, -0.2) is 48.8 Å². The van der Waals surface area contributed by atoms with Gasteiger partial charge in [0.2, 0.25) is 0 Å². The van der Waals surface area contributed by atoms with E-state index < -0.39 is 35.1 Å². The average molecular weight is 362 g/mol. The first-order valence-corrected chi connectivity index (χ1v) is 7.86. The largest absolute Gasteiger partial charge is 0.469 e. The highest BCUT2D eigenvalue weighted by Gasteiger charge is 2.19. The molecule has 0 aliphatic heterocycles. The summed E-state index contributed by atoms with van der Waals surface area (Å²) in [7, 11) is 1.23. The fraction of sp³-hybridized carbons (Fsp3) is 0.765. The fourth-order valence-electron chi connectivity index (χ4n) is 1.28. The van der Waals surface area contributed by atoms with Crippen molar-refractivity contribution in [1.29, 1.82) is 0 Å². The smallest absolute Gasteiger partial charge is 0.317 e. The molecule has 0 unspecified atom stereocenters. The first-order valence-electron chi connectivity index (χ1n) is 7.86. The van der Waals surface area contributed by atoms with Crippen LogP contribution in [0.15, 0.2) is 0 Å². The zero-order chi connectivity index (χ0) is 20.3. The van der Waals surface area contributed by atoms with Gasteiger partial charge in [0.15, 0.2) is 0 Å². The van der Waals surface area contributed by atoms with Gasteiger partial charge in [0.25, 0.3) is 0 Å². The van der Waals surface area contributed by atoms with Crippen LogP contribution in [0.3, 0.4) is 0 Å². The minimum Gasteiger partial charge on any atom is -0.469 e. The summed E-state index contributed by atoms with van der Waals surface area (Å²) in [5.41, 5.74) is -1.10. The highest BCUT2D eigenvalue weighted by atomic mass is 16.6. The number of hydrogen-bond acceptors (Lipinski definition) is 8. The van der Waals surface area contributed by atoms with Gasteiger partial charge < -0.3 is 18.9 Å². The van der Waals surface area contributed by atoms with Crippen molar-refractivity contribution in [2.75, 3.05) is 13.7 Å². The summed E-state index contributed by atoms with van der Waals surface area (Å²) in [5.74, 6) is -2.23. The van der Waals surface area contributed by atoms with Crippen molar-refractivity contribution in [3.8, 4) is 0 Å². The molecule has 0 aromatic heterocycles. The quantitative estimate of drug-likeness (QED) is 0.416. The molecular weight excluding hydrogens is 332 g/mol. The lowest BCUT2D eigenvalue weighted by molar-refractivity contribution is -0.163. The molecule has 25 heavy (non-hydrogen) atoms. The molecule has 0 aliphatic rings. The fourth-order valence-corrected chi connectivity index (χ4v) is 1.28. The molecule has 0 bridgehead atoms. The van der Waals surface area contributed by atoms with E-state index in [0.29, 0.717) is 0 Å². The molecule has 0 N–H and O–H groups in total. The SMILES string of the molecule is CCOC(=O)CC(=O)OC(C)(C)C.COC(=O)CC(=O)OC(C)(C)C. The Bertz CT molecular complexity index is 454. The topological polar surface area (TPSA) is 105 Å². The second-order valence-corrected chi connectivity index (χ2v) is 6.91. The van der Waals surface area contributed by atoms with Crippen molar-refractivity contribution in [2.24, 2.45) is 0 Å². The monoisotopic (exact) mass is 362 g/mol. The Morgan fingerprint density at radius 1 is 0.680 bits per heavy atom. The molecule has 0 amide bonds. The summed E-state index contributed by atoms with van der Waals surface area (Å²) < 4.78 is 18.7. The van der Waals surface area contributed by atoms with Gasteiger partial charge in [-0.15, -0.1) is 0 Å². The first kappa shape index (κ1) is 25.1. The summed E-state index contributed by atoms with van der Waals surface area (Å²) in [4.78, 5) is 43.3. The summed E-state index contributed by atoms with van der Waals surface area (Å²) in [5, 5.41) is 0. The highest BCUT2D eigenvalue weighted by Crippen LogP contribution is 2.09. The molecular formula is C17H30O8. The van der Waals surface area contributed by atoms with E-state index in [-0.39, 0.29) is 19.4 Å². The Labute approximate surface area is 149 Å². The molecule has 0 saturated heterocycles. The van der Waals surface area contributed by atoms with Crippen molar-refractivity contribution < 1.29 is 38.1 Å². The molecule has 0 aliphatic carbocycles. The van der Waals surface area contributed by atoms with Crippen LogP contribution >= 0.6 is 0 Å². The maximum Gasteiger partial charge on any atom is 0.317 e. The Balaban J connectivity index is 0. The van der Waals surface area contributed by atoms with Gasteiger partial charge in [-0.05, 0) is 48.5 Å². The standard InChI is InChI=1S/C9H16O4.C8H14O4/c1-5-12-7(10)6-8(11)13-9(2,3)4;1-8(2,3)12-7(10)5-6(9)11-4/h5-6H2,1-4H3;5H2,1-4H3. The van der Waals surface area contributed by atoms with Crippen molar-refractivity contribution in [1.82, 2.24) is 0 Å². The lowest BCUT2D eigenvalue weighted by Crippen LogP contribution is -2.25. The second-order valence-electron chi connectivity index (χ2n) is 6.91. The van der Waals surface area contributed by atoms with E-state index in [2.05, 4.69) is 9.47 Å². The maximum atomic E-state index is 11.0. The number of esters is 4. The summed E-state index contributed by atoms with van der Waals surface area (Å²) in [6.07, 6.45) is -0.640. The number of methoxy groups -OCH3 is 1. The lowest BCUT2D eigenvalue weighted by atomic mass is 10.2. The minimum absolute atomic E-state index is 0.279. The third-order valence-electron chi connectivity index (χ3n) is 1.95. The molecule has 8 nitrogen and oxygen atoms in total. The van der Waals surface area contributed by atoms with Crippen molar-refractivity contribution in [3.05, 3.63) is 0 Å². The molecule has 146 valence electrons. The van der Waals surface area contributed by atoms with E-state index in [1.807, 2.05) is 0 Å². The Morgan fingerprint density at radius 3 is 1.32 bits per heavy atom. The molecule has 0 saturated carbocycles. The third-order valence-corrected chi connectivity index (χ3v) is 1.95. The van der Waals surface area contributed by atoms with Gasteiger partial charge in [-0.2, -0.15) is 0 Å². The van der Waals surface area contributed by atoms with Gasteiger partial charge in [0, 0.05) is 0 Å². The van der Waals surface area contributed by atoms with Gasteiger partial charge in [-0.1, -0.05) is 0 Å². The van der Waals surface area contributed by atoms with Gasteiger partial charge >= 0.3 is 23.9 Å². The van der Waals surface area contributed by atoms with Crippen LogP contribution in [0.5, 0.6) is 0 Å². The zero-order valence-electron chi connectivity index (χ0n) is 16.4. The van der Waals surface area contributed by atoms with Gasteiger partial charge in [0.1, 0.15) is 24.0 Å². The van der Waals surface area contributed by atoms with Gasteiger partial charge in [-0.3, -0.25) is 19.2 Å². The van der Waals surface area contributed by atoms with Crippen LogP contribution in [0.1, 0.15) is 61.3 Å². The van der Waals surface area contributed by atoms with E-state index in [1.165, 1.54) is 7.11 Å². The van der Waals surface area contributed by atoms with E-state index in [1.54, 1.807) is 48.5 Å². The van der Waals surface area contributed by atoms with Crippen LogP contribution in [-0.2, 0) is 38.1 Å².